The van der Waals surface area contributed by atoms with Crippen LogP contribution in [-0.2, 0) is 23.9 Å². The molecule has 0 aliphatic heterocycles. The van der Waals surface area contributed by atoms with Crippen LogP contribution >= 0.6 is 0 Å². The maximum atomic E-state index is 12.1. The summed E-state index contributed by atoms with van der Waals surface area (Å²) in [4.78, 5) is 36.1. The van der Waals surface area contributed by atoms with E-state index in [4.69, 9.17) is 14.6 Å². The molecule has 0 rings (SSSR count). The lowest BCUT2D eigenvalue weighted by molar-refractivity contribution is -0.164. The zero-order valence-electron chi connectivity index (χ0n) is 15.5. The van der Waals surface area contributed by atoms with Crippen molar-refractivity contribution in [3.05, 3.63) is 0 Å². The number of aliphatic carboxylic acids is 1. The third kappa shape index (κ3) is 5.47. The van der Waals surface area contributed by atoms with Gasteiger partial charge in [0.05, 0.1) is 30.0 Å². The summed E-state index contributed by atoms with van der Waals surface area (Å²) in [5.74, 6) is -2.15. The van der Waals surface area contributed by atoms with Gasteiger partial charge in [0.25, 0.3) is 0 Å². The minimum absolute atomic E-state index is 0.00776. The van der Waals surface area contributed by atoms with E-state index in [-0.39, 0.29) is 26.1 Å². The van der Waals surface area contributed by atoms with E-state index in [0.717, 1.165) is 0 Å². The van der Waals surface area contributed by atoms with Gasteiger partial charge in [-0.1, -0.05) is 6.92 Å². The first-order valence-corrected chi connectivity index (χ1v) is 7.98. The lowest BCUT2D eigenvalue weighted by Gasteiger charge is -2.38. The van der Waals surface area contributed by atoms with Crippen LogP contribution < -0.4 is 0 Å². The van der Waals surface area contributed by atoms with Crippen LogP contribution in [-0.4, -0.2) is 48.4 Å². The molecule has 2 unspecified atom stereocenters. The Morgan fingerprint density at radius 1 is 0.958 bits per heavy atom. The van der Waals surface area contributed by atoms with Gasteiger partial charge >= 0.3 is 17.9 Å². The maximum absolute atomic E-state index is 12.1. The predicted molar refractivity (Wildman–Crippen MR) is 87.2 cm³/mol. The van der Waals surface area contributed by atoms with Crippen molar-refractivity contribution in [2.45, 2.75) is 53.9 Å². The molecule has 0 aromatic rings. The van der Waals surface area contributed by atoms with E-state index in [9.17, 15) is 19.5 Å². The molecule has 7 nitrogen and oxygen atoms in total. The molecule has 0 saturated carbocycles. The van der Waals surface area contributed by atoms with E-state index in [1.54, 1.807) is 27.7 Å². The molecule has 0 aromatic carbocycles. The summed E-state index contributed by atoms with van der Waals surface area (Å²) in [7, 11) is 1.27. The van der Waals surface area contributed by atoms with Gasteiger partial charge in [-0.15, -0.1) is 0 Å². The highest BCUT2D eigenvalue weighted by Gasteiger charge is 2.48. The third-order valence-electron chi connectivity index (χ3n) is 4.46. The molecule has 0 spiro atoms. The van der Waals surface area contributed by atoms with Gasteiger partial charge in [0.2, 0.25) is 0 Å². The molecule has 140 valence electrons. The molecule has 0 bridgehead atoms. The number of rotatable bonds is 10. The lowest BCUT2D eigenvalue weighted by atomic mass is 9.65. The monoisotopic (exact) mass is 346 g/mol. The fourth-order valence-corrected chi connectivity index (χ4v) is 3.04. The second-order valence-corrected chi connectivity index (χ2v) is 7.37. The molecule has 0 fully saturated rings. The van der Waals surface area contributed by atoms with Gasteiger partial charge in [0.15, 0.2) is 0 Å². The van der Waals surface area contributed by atoms with Crippen LogP contribution in [0.3, 0.4) is 0 Å². The van der Waals surface area contributed by atoms with E-state index in [1.165, 1.54) is 14.0 Å². The quantitative estimate of drug-likeness (QED) is 0.582. The van der Waals surface area contributed by atoms with Gasteiger partial charge in [-0.05, 0) is 47.0 Å². The standard InChI is InChI=1S/C17H30O7/c1-7-16(4,14(22)23-6)11-17(5,12(19)20)10-15(2,3)13(21)24-9-8-18/h18H,7-11H2,1-6H3,(H,19,20). The van der Waals surface area contributed by atoms with E-state index >= 15 is 0 Å². The molecule has 0 radical (unpaired) electrons. The summed E-state index contributed by atoms with van der Waals surface area (Å²) < 4.78 is 9.74. The molecule has 0 aliphatic rings. The highest BCUT2D eigenvalue weighted by Crippen LogP contribution is 2.45. The first kappa shape index (κ1) is 22.4. The number of hydrogen-bond donors (Lipinski definition) is 2. The first-order valence-electron chi connectivity index (χ1n) is 7.98. The van der Waals surface area contributed by atoms with E-state index in [2.05, 4.69) is 0 Å². The van der Waals surface area contributed by atoms with Crippen molar-refractivity contribution in [2.75, 3.05) is 20.3 Å². The minimum Gasteiger partial charge on any atom is -0.481 e. The largest absolute Gasteiger partial charge is 0.481 e. The fraction of sp³-hybridized carbons (Fsp3) is 0.824. The second-order valence-electron chi connectivity index (χ2n) is 7.37. The van der Waals surface area contributed by atoms with Gasteiger partial charge in [0, 0.05) is 0 Å². The van der Waals surface area contributed by atoms with Crippen molar-refractivity contribution in [3.63, 3.8) is 0 Å². The lowest BCUT2D eigenvalue weighted by Crippen LogP contribution is -2.43. The molecule has 0 aliphatic carbocycles. The Kier molecular flexibility index (Phi) is 7.89. The van der Waals surface area contributed by atoms with Crippen LogP contribution in [0.25, 0.3) is 0 Å². The zero-order valence-corrected chi connectivity index (χ0v) is 15.5. The van der Waals surface area contributed by atoms with Crippen molar-refractivity contribution < 1.29 is 34.1 Å². The topological polar surface area (TPSA) is 110 Å². The van der Waals surface area contributed by atoms with Gasteiger partial charge in [0.1, 0.15) is 6.61 Å². The van der Waals surface area contributed by atoms with Crippen LogP contribution in [0.15, 0.2) is 0 Å². The number of carboxylic acid groups (broad SMARTS) is 1. The Morgan fingerprint density at radius 2 is 1.50 bits per heavy atom. The molecular formula is C17H30O7. The number of carbonyl (C=O) groups excluding carboxylic acids is 2. The molecule has 7 heteroatoms. The van der Waals surface area contributed by atoms with Crippen LogP contribution in [0.5, 0.6) is 0 Å². The summed E-state index contributed by atoms with van der Waals surface area (Å²) in [6.45, 7) is 7.73. The van der Waals surface area contributed by atoms with Crippen molar-refractivity contribution in [1.82, 2.24) is 0 Å². The number of hydrogen-bond acceptors (Lipinski definition) is 6. The van der Waals surface area contributed by atoms with Crippen molar-refractivity contribution in [3.8, 4) is 0 Å². The number of carbonyl (C=O) groups is 3. The number of aliphatic hydroxyl groups is 1. The van der Waals surface area contributed by atoms with Gasteiger partial charge in [-0.3, -0.25) is 14.4 Å². The molecule has 0 saturated heterocycles. The minimum atomic E-state index is -1.32. The number of methoxy groups -OCH3 is 1. The van der Waals surface area contributed by atoms with Crippen molar-refractivity contribution in [1.29, 1.82) is 0 Å². The summed E-state index contributed by atoms with van der Waals surface area (Å²) in [5.41, 5.74) is -3.36. The Bertz CT molecular complexity index is 472. The summed E-state index contributed by atoms with van der Waals surface area (Å²) >= 11 is 0. The van der Waals surface area contributed by atoms with E-state index < -0.39 is 34.2 Å². The van der Waals surface area contributed by atoms with E-state index in [1.807, 2.05) is 0 Å². The molecule has 0 aromatic heterocycles. The molecule has 0 amide bonds. The van der Waals surface area contributed by atoms with Crippen molar-refractivity contribution >= 4 is 17.9 Å². The molecular weight excluding hydrogens is 316 g/mol. The highest BCUT2D eigenvalue weighted by atomic mass is 16.5. The maximum Gasteiger partial charge on any atom is 0.311 e. The molecule has 24 heavy (non-hydrogen) atoms. The molecule has 2 atom stereocenters. The van der Waals surface area contributed by atoms with Crippen LogP contribution in [0, 0.1) is 16.2 Å². The van der Waals surface area contributed by atoms with E-state index in [0.29, 0.717) is 6.42 Å². The van der Waals surface area contributed by atoms with Crippen LogP contribution in [0.4, 0.5) is 0 Å². The Balaban J connectivity index is 5.50. The Labute approximate surface area is 143 Å². The highest BCUT2D eigenvalue weighted by molar-refractivity contribution is 5.81. The zero-order chi connectivity index (χ0) is 19.2. The Morgan fingerprint density at radius 3 is 1.88 bits per heavy atom. The SMILES string of the molecule is CCC(C)(CC(C)(CC(C)(C)C(=O)OCCO)C(=O)O)C(=O)OC. The average molecular weight is 346 g/mol. The fourth-order valence-electron chi connectivity index (χ4n) is 3.04. The smallest absolute Gasteiger partial charge is 0.311 e. The first-order chi connectivity index (χ1) is 10.9. The predicted octanol–water partition coefficient (Wildman–Crippen LogP) is 2.01. The second kappa shape index (κ2) is 8.46. The number of carboxylic acids is 1. The number of ether oxygens (including phenoxy) is 2. The number of aliphatic hydroxyl groups excluding tert-OH is 1. The van der Waals surface area contributed by atoms with Crippen LogP contribution in [0.1, 0.15) is 53.9 Å². The normalized spacial score (nSPS) is 16.6. The van der Waals surface area contributed by atoms with Crippen LogP contribution in [0.2, 0.25) is 0 Å². The van der Waals surface area contributed by atoms with Gasteiger partial charge in [-0.2, -0.15) is 0 Å². The summed E-state index contributed by atoms with van der Waals surface area (Å²) in [6, 6.07) is 0. The average Bonchev–Trinajstić information content (AvgIpc) is 2.50. The Hall–Kier alpha value is -1.63. The summed E-state index contributed by atoms with van der Waals surface area (Å²) in [5, 5.41) is 18.5. The van der Waals surface area contributed by atoms with Gasteiger partial charge in [-0.25, -0.2) is 0 Å². The number of esters is 2. The summed E-state index contributed by atoms with van der Waals surface area (Å²) in [6.07, 6.45) is 0.444. The van der Waals surface area contributed by atoms with Crippen molar-refractivity contribution in [2.24, 2.45) is 16.2 Å². The third-order valence-corrected chi connectivity index (χ3v) is 4.46. The van der Waals surface area contributed by atoms with Gasteiger partial charge < -0.3 is 19.7 Å². The molecule has 0 heterocycles. The molecule has 2 N–H and O–H groups in total.